The van der Waals surface area contributed by atoms with Crippen LogP contribution in [-0.2, 0) is 14.6 Å². The lowest BCUT2D eigenvalue weighted by molar-refractivity contribution is -0.106. The van der Waals surface area contributed by atoms with E-state index >= 15 is 0 Å². The summed E-state index contributed by atoms with van der Waals surface area (Å²) in [6.07, 6.45) is 0. The first-order valence-corrected chi connectivity index (χ1v) is 6.82. The maximum Gasteiger partial charge on any atom is 0.297 e. The maximum absolute atomic E-state index is 12.2. The monoisotopic (exact) mass is 268 g/mol. The Labute approximate surface area is 107 Å². The molecule has 2 N–H and O–H groups in total. The number of benzene rings is 1. The van der Waals surface area contributed by atoms with Gasteiger partial charge in [0.1, 0.15) is 5.71 Å². The fraction of sp³-hybridized carbons (Fsp3) is 0.333. The first-order chi connectivity index (χ1) is 8.21. The zero-order chi connectivity index (χ0) is 14.1. The SMILES string of the molecule is C/C(=N/N)C(=O)S(=O)(=O)c1c(C)cc(C)cc1C. The van der Waals surface area contributed by atoms with Crippen LogP contribution in [0.25, 0.3) is 0 Å². The van der Waals surface area contributed by atoms with Crippen molar-refractivity contribution in [2.75, 3.05) is 0 Å². The molecule has 0 aliphatic heterocycles. The molecule has 0 saturated carbocycles. The smallest absolute Gasteiger partial charge is 0.297 e. The van der Waals surface area contributed by atoms with E-state index in [9.17, 15) is 13.2 Å². The van der Waals surface area contributed by atoms with Crippen LogP contribution in [-0.4, -0.2) is 19.2 Å². The van der Waals surface area contributed by atoms with Gasteiger partial charge in [-0.25, -0.2) is 8.42 Å². The van der Waals surface area contributed by atoms with Crippen LogP contribution in [0.5, 0.6) is 0 Å². The molecule has 0 spiro atoms. The topological polar surface area (TPSA) is 89.6 Å². The highest BCUT2D eigenvalue weighted by atomic mass is 32.2. The van der Waals surface area contributed by atoms with Crippen molar-refractivity contribution in [2.24, 2.45) is 10.9 Å². The molecule has 18 heavy (non-hydrogen) atoms. The minimum Gasteiger partial charge on any atom is -0.323 e. The molecule has 98 valence electrons. The van der Waals surface area contributed by atoms with E-state index in [0.717, 1.165) is 5.56 Å². The van der Waals surface area contributed by atoms with Crippen molar-refractivity contribution >= 4 is 20.7 Å². The number of hydrogen-bond donors (Lipinski definition) is 1. The molecule has 6 heteroatoms. The maximum atomic E-state index is 12.2. The van der Waals surface area contributed by atoms with Gasteiger partial charge in [-0.1, -0.05) is 17.7 Å². The lowest BCUT2D eigenvalue weighted by Crippen LogP contribution is -2.24. The van der Waals surface area contributed by atoms with Crippen LogP contribution in [0.4, 0.5) is 0 Å². The standard InChI is InChI=1S/C12H16N2O3S/c1-7-5-8(2)11(9(3)6-7)18(16,17)12(15)10(4)14-13/h5-6H,13H2,1-4H3/b14-10-. The zero-order valence-corrected chi connectivity index (χ0v) is 11.6. The van der Waals surface area contributed by atoms with Crippen molar-refractivity contribution in [3.63, 3.8) is 0 Å². The summed E-state index contributed by atoms with van der Waals surface area (Å²) in [6.45, 7) is 6.47. The van der Waals surface area contributed by atoms with Crippen LogP contribution in [0, 0.1) is 20.8 Å². The van der Waals surface area contributed by atoms with Crippen LogP contribution in [0.1, 0.15) is 23.6 Å². The largest absolute Gasteiger partial charge is 0.323 e. The van der Waals surface area contributed by atoms with Gasteiger partial charge < -0.3 is 5.84 Å². The van der Waals surface area contributed by atoms with Gasteiger partial charge in [0.05, 0.1) is 4.90 Å². The molecule has 0 atom stereocenters. The van der Waals surface area contributed by atoms with E-state index < -0.39 is 15.0 Å². The van der Waals surface area contributed by atoms with Crippen LogP contribution < -0.4 is 5.84 Å². The zero-order valence-electron chi connectivity index (χ0n) is 10.8. The molecule has 0 fully saturated rings. The summed E-state index contributed by atoms with van der Waals surface area (Å²) in [7, 11) is -4.08. The molecule has 0 heterocycles. The number of nitrogens with two attached hydrogens (primary N) is 1. The first kappa shape index (κ1) is 14.4. The lowest BCUT2D eigenvalue weighted by atomic mass is 10.1. The van der Waals surface area contributed by atoms with E-state index in [1.165, 1.54) is 6.92 Å². The Bertz CT molecular complexity index is 608. The number of sulfone groups is 1. The Morgan fingerprint density at radius 3 is 2.00 bits per heavy atom. The molecule has 0 radical (unpaired) electrons. The normalized spacial score (nSPS) is 12.6. The molecular formula is C12H16N2O3S. The predicted molar refractivity (Wildman–Crippen MR) is 70.1 cm³/mol. The van der Waals surface area contributed by atoms with E-state index in [1.54, 1.807) is 26.0 Å². The quantitative estimate of drug-likeness (QED) is 0.496. The fourth-order valence-electron chi connectivity index (χ4n) is 1.93. The van der Waals surface area contributed by atoms with Crippen molar-refractivity contribution in [2.45, 2.75) is 32.6 Å². The van der Waals surface area contributed by atoms with Gasteiger partial charge in [0.2, 0.25) is 9.84 Å². The molecule has 0 saturated heterocycles. The molecule has 1 aromatic carbocycles. The Morgan fingerprint density at radius 1 is 1.17 bits per heavy atom. The number of hydrogen-bond acceptors (Lipinski definition) is 5. The third-order valence-electron chi connectivity index (χ3n) is 2.61. The van der Waals surface area contributed by atoms with Gasteiger partial charge in [-0.05, 0) is 38.8 Å². The Balaban J connectivity index is 3.53. The van der Waals surface area contributed by atoms with Crippen molar-refractivity contribution in [1.82, 2.24) is 0 Å². The van der Waals surface area contributed by atoms with Crippen molar-refractivity contribution in [3.05, 3.63) is 28.8 Å². The fourth-order valence-corrected chi connectivity index (χ4v) is 3.52. The van der Waals surface area contributed by atoms with E-state index in [0.29, 0.717) is 11.1 Å². The average molecular weight is 268 g/mol. The summed E-state index contributed by atoms with van der Waals surface area (Å²) < 4.78 is 24.4. The number of carbonyl (C=O) groups excluding carboxylic acids is 1. The second-order valence-corrected chi connectivity index (χ2v) is 6.02. The molecular weight excluding hydrogens is 252 g/mol. The average Bonchev–Trinajstić information content (AvgIpc) is 2.24. The van der Waals surface area contributed by atoms with Gasteiger partial charge >= 0.3 is 0 Å². The number of hydrazone groups is 1. The van der Waals surface area contributed by atoms with Crippen molar-refractivity contribution < 1.29 is 13.2 Å². The van der Waals surface area contributed by atoms with Gasteiger partial charge in [-0.2, -0.15) is 5.10 Å². The Morgan fingerprint density at radius 2 is 1.61 bits per heavy atom. The summed E-state index contributed by atoms with van der Waals surface area (Å²) in [5, 5.41) is 2.09. The lowest BCUT2D eigenvalue weighted by Gasteiger charge is -2.10. The molecule has 0 aliphatic carbocycles. The second kappa shape index (κ2) is 4.89. The highest BCUT2D eigenvalue weighted by molar-refractivity contribution is 8.08. The number of rotatable bonds is 2. The highest BCUT2D eigenvalue weighted by Crippen LogP contribution is 2.23. The molecule has 0 bridgehead atoms. The Hall–Kier alpha value is -1.69. The van der Waals surface area contributed by atoms with Gasteiger partial charge in [0, 0.05) is 0 Å². The molecule has 0 aliphatic rings. The minimum absolute atomic E-state index is 0.0427. The molecule has 0 unspecified atom stereocenters. The summed E-state index contributed by atoms with van der Waals surface area (Å²) in [5.41, 5.74) is 1.81. The third kappa shape index (κ3) is 2.43. The summed E-state index contributed by atoms with van der Waals surface area (Å²) in [6, 6.07) is 3.45. The number of aryl methyl sites for hydroxylation is 3. The number of carbonyl (C=O) groups is 1. The van der Waals surface area contributed by atoms with Crippen molar-refractivity contribution in [1.29, 1.82) is 0 Å². The molecule has 0 amide bonds. The molecule has 1 rings (SSSR count). The van der Waals surface area contributed by atoms with Crippen LogP contribution in [0.2, 0.25) is 0 Å². The van der Waals surface area contributed by atoms with Gasteiger partial charge in [0.15, 0.2) is 0 Å². The number of nitrogens with zero attached hydrogens (tertiary/aromatic N) is 1. The van der Waals surface area contributed by atoms with E-state index in [4.69, 9.17) is 5.84 Å². The van der Waals surface area contributed by atoms with Crippen LogP contribution in [0.15, 0.2) is 22.1 Å². The summed E-state index contributed by atoms with van der Waals surface area (Å²) >= 11 is 0. The van der Waals surface area contributed by atoms with E-state index in [2.05, 4.69) is 5.10 Å². The highest BCUT2D eigenvalue weighted by Gasteiger charge is 2.30. The van der Waals surface area contributed by atoms with Gasteiger partial charge in [-0.3, -0.25) is 4.79 Å². The first-order valence-electron chi connectivity index (χ1n) is 5.33. The predicted octanol–water partition coefficient (Wildman–Crippen LogP) is 1.25. The van der Waals surface area contributed by atoms with Crippen molar-refractivity contribution in [3.8, 4) is 0 Å². The molecule has 1 aromatic rings. The van der Waals surface area contributed by atoms with Gasteiger partial charge in [-0.15, -0.1) is 0 Å². The third-order valence-corrected chi connectivity index (χ3v) is 4.57. The van der Waals surface area contributed by atoms with E-state index in [-0.39, 0.29) is 10.6 Å². The second-order valence-electron chi connectivity index (χ2n) is 4.23. The molecule has 5 nitrogen and oxygen atoms in total. The van der Waals surface area contributed by atoms with Crippen LogP contribution >= 0.6 is 0 Å². The Kier molecular flexibility index (Phi) is 3.91. The van der Waals surface area contributed by atoms with Crippen LogP contribution in [0.3, 0.4) is 0 Å². The minimum atomic E-state index is -4.08. The molecule has 0 aromatic heterocycles. The van der Waals surface area contributed by atoms with Gasteiger partial charge in [0.25, 0.3) is 5.12 Å². The van der Waals surface area contributed by atoms with E-state index in [1.807, 2.05) is 6.92 Å². The summed E-state index contributed by atoms with van der Waals surface area (Å²) in [4.78, 5) is 11.8. The summed E-state index contributed by atoms with van der Waals surface area (Å²) in [5.74, 6) is 4.95.